The number of ether oxygens (including phenoxy) is 2. The molecule has 1 aromatic heterocycles. The second kappa shape index (κ2) is 8.99. The molecule has 0 N–H and O–H groups in total. The predicted octanol–water partition coefficient (Wildman–Crippen LogP) is 3.77. The van der Waals surface area contributed by atoms with Gasteiger partial charge in [0.15, 0.2) is 11.6 Å². The van der Waals surface area contributed by atoms with Gasteiger partial charge >= 0.3 is 0 Å². The van der Waals surface area contributed by atoms with Gasteiger partial charge in [-0.25, -0.2) is 14.4 Å². The van der Waals surface area contributed by atoms with Crippen LogP contribution in [0.15, 0.2) is 60.9 Å². The smallest absolute Gasteiger partial charge is 0.254 e. The Kier molecular flexibility index (Phi) is 5.97. The third-order valence-corrected chi connectivity index (χ3v) is 5.21. The van der Waals surface area contributed by atoms with E-state index >= 15 is 0 Å². The first-order chi connectivity index (χ1) is 15.0. The van der Waals surface area contributed by atoms with E-state index in [9.17, 15) is 9.18 Å². The summed E-state index contributed by atoms with van der Waals surface area (Å²) < 4.78 is 24.7. The van der Waals surface area contributed by atoms with E-state index in [4.69, 9.17) is 9.47 Å². The molecule has 2 heterocycles. The second-order valence-electron chi connectivity index (χ2n) is 7.27. The normalized spacial score (nSPS) is 16.2. The number of piperazine rings is 1. The number of para-hydroxylation sites is 1. The van der Waals surface area contributed by atoms with Crippen molar-refractivity contribution in [2.45, 2.75) is 13.0 Å². The number of hydrogen-bond donors (Lipinski definition) is 0. The molecule has 3 aromatic rings. The number of halogens is 1. The first-order valence-electron chi connectivity index (χ1n) is 9.99. The average molecular weight is 422 g/mol. The van der Waals surface area contributed by atoms with E-state index in [1.165, 1.54) is 12.4 Å². The largest absolute Gasteiger partial charge is 0.497 e. The van der Waals surface area contributed by atoms with Crippen LogP contribution in [0.4, 0.5) is 10.2 Å². The van der Waals surface area contributed by atoms with Crippen molar-refractivity contribution in [3.63, 3.8) is 0 Å². The van der Waals surface area contributed by atoms with E-state index in [1.54, 1.807) is 43.5 Å². The van der Waals surface area contributed by atoms with Gasteiger partial charge in [-0.2, -0.15) is 0 Å². The van der Waals surface area contributed by atoms with Crippen molar-refractivity contribution in [2.75, 3.05) is 31.6 Å². The maximum Gasteiger partial charge on any atom is 0.254 e. The van der Waals surface area contributed by atoms with Gasteiger partial charge in [-0.05, 0) is 37.3 Å². The maximum atomic E-state index is 13.9. The lowest BCUT2D eigenvalue weighted by Gasteiger charge is -2.40. The SMILES string of the molecule is COc1cccc(C(=O)N2CCN(c3cc(Oc4ccccc4F)ncn3)C[C@@H]2C)c1. The fraction of sp³-hybridized carbons (Fsp3) is 0.261. The summed E-state index contributed by atoms with van der Waals surface area (Å²) in [6, 6.07) is 15.0. The van der Waals surface area contributed by atoms with Gasteiger partial charge < -0.3 is 19.3 Å². The van der Waals surface area contributed by atoms with Gasteiger partial charge in [0.05, 0.1) is 7.11 Å². The van der Waals surface area contributed by atoms with E-state index in [-0.39, 0.29) is 23.6 Å². The van der Waals surface area contributed by atoms with Crippen LogP contribution in [0.3, 0.4) is 0 Å². The van der Waals surface area contributed by atoms with E-state index in [2.05, 4.69) is 14.9 Å². The maximum absolute atomic E-state index is 13.9. The summed E-state index contributed by atoms with van der Waals surface area (Å²) in [7, 11) is 1.58. The number of benzene rings is 2. The minimum Gasteiger partial charge on any atom is -0.497 e. The van der Waals surface area contributed by atoms with Gasteiger partial charge in [-0.3, -0.25) is 4.79 Å². The molecule has 1 saturated heterocycles. The number of rotatable bonds is 5. The van der Waals surface area contributed by atoms with E-state index in [0.717, 1.165) is 0 Å². The quantitative estimate of drug-likeness (QED) is 0.624. The van der Waals surface area contributed by atoms with Crippen LogP contribution < -0.4 is 14.4 Å². The van der Waals surface area contributed by atoms with Gasteiger partial charge in [-0.15, -0.1) is 0 Å². The molecule has 0 aliphatic carbocycles. The van der Waals surface area contributed by atoms with Gasteiger partial charge in [0.25, 0.3) is 5.91 Å². The van der Waals surface area contributed by atoms with Crippen LogP contribution in [0, 0.1) is 5.82 Å². The monoisotopic (exact) mass is 422 g/mol. The molecular formula is C23H23FN4O3. The molecule has 1 amide bonds. The summed E-state index contributed by atoms with van der Waals surface area (Å²) in [5, 5.41) is 0. The molecule has 7 nitrogen and oxygen atoms in total. The van der Waals surface area contributed by atoms with Crippen molar-refractivity contribution >= 4 is 11.7 Å². The van der Waals surface area contributed by atoms with Crippen LogP contribution in [0.1, 0.15) is 17.3 Å². The number of hydrogen-bond acceptors (Lipinski definition) is 6. The van der Waals surface area contributed by atoms with Crippen LogP contribution in [-0.4, -0.2) is 53.6 Å². The van der Waals surface area contributed by atoms with E-state index < -0.39 is 5.82 Å². The lowest BCUT2D eigenvalue weighted by atomic mass is 10.1. The van der Waals surface area contributed by atoms with Gasteiger partial charge in [0, 0.05) is 37.3 Å². The third kappa shape index (κ3) is 4.58. The van der Waals surface area contributed by atoms with Crippen molar-refractivity contribution in [3.05, 3.63) is 72.3 Å². The highest BCUT2D eigenvalue weighted by Gasteiger charge is 2.29. The van der Waals surface area contributed by atoms with Crippen molar-refractivity contribution in [1.82, 2.24) is 14.9 Å². The van der Waals surface area contributed by atoms with Crippen LogP contribution in [-0.2, 0) is 0 Å². The Hall–Kier alpha value is -3.68. The molecule has 8 heteroatoms. The van der Waals surface area contributed by atoms with Crippen molar-refractivity contribution in [3.8, 4) is 17.4 Å². The minimum atomic E-state index is -0.457. The number of aromatic nitrogens is 2. The fourth-order valence-corrected chi connectivity index (χ4v) is 3.59. The molecule has 160 valence electrons. The summed E-state index contributed by atoms with van der Waals surface area (Å²) >= 11 is 0. The zero-order chi connectivity index (χ0) is 21.8. The zero-order valence-corrected chi connectivity index (χ0v) is 17.4. The molecule has 4 rings (SSSR count). The minimum absolute atomic E-state index is 0.0293. The van der Waals surface area contributed by atoms with Gasteiger partial charge in [0.2, 0.25) is 5.88 Å². The van der Waals surface area contributed by atoms with E-state index in [1.807, 2.05) is 24.0 Å². The molecule has 0 radical (unpaired) electrons. The molecule has 0 spiro atoms. The van der Waals surface area contributed by atoms with Crippen LogP contribution >= 0.6 is 0 Å². The second-order valence-corrected chi connectivity index (χ2v) is 7.27. The molecular weight excluding hydrogens is 399 g/mol. The first kappa shape index (κ1) is 20.6. The van der Waals surface area contributed by atoms with Gasteiger partial charge in [-0.1, -0.05) is 18.2 Å². The Bertz CT molecular complexity index is 1080. The highest BCUT2D eigenvalue weighted by atomic mass is 19.1. The summed E-state index contributed by atoms with van der Waals surface area (Å²) in [6.07, 6.45) is 1.39. The predicted molar refractivity (Wildman–Crippen MR) is 114 cm³/mol. The third-order valence-electron chi connectivity index (χ3n) is 5.21. The lowest BCUT2D eigenvalue weighted by Crippen LogP contribution is -2.54. The topological polar surface area (TPSA) is 67.8 Å². The Morgan fingerprint density at radius 2 is 1.94 bits per heavy atom. The molecule has 0 unspecified atom stereocenters. The number of amides is 1. The number of carbonyl (C=O) groups excluding carboxylic acids is 1. The number of anilines is 1. The van der Waals surface area contributed by atoms with E-state index in [0.29, 0.717) is 36.8 Å². The number of carbonyl (C=O) groups is 1. The number of methoxy groups -OCH3 is 1. The molecule has 31 heavy (non-hydrogen) atoms. The fourth-order valence-electron chi connectivity index (χ4n) is 3.59. The summed E-state index contributed by atoms with van der Waals surface area (Å²) in [6.45, 7) is 3.76. The average Bonchev–Trinajstić information content (AvgIpc) is 2.80. The molecule has 1 aliphatic rings. The zero-order valence-electron chi connectivity index (χ0n) is 17.4. The Labute approximate surface area is 180 Å². The lowest BCUT2D eigenvalue weighted by molar-refractivity contribution is 0.0673. The van der Waals surface area contributed by atoms with Crippen molar-refractivity contribution in [2.24, 2.45) is 0 Å². The number of nitrogens with zero attached hydrogens (tertiary/aromatic N) is 4. The standard InChI is InChI=1S/C23H23FN4O3/c1-16-14-27(10-11-28(16)23(29)17-6-5-7-18(12-17)30-2)21-13-22(26-15-25-21)31-20-9-4-3-8-19(20)24/h3-9,12-13,15-16H,10-11,14H2,1-2H3/t16-/m0/s1. The molecule has 0 saturated carbocycles. The highest BCUT2D eigenvalue weighted by molar-refractivity contribution is 5.95. The van der Waals surface area contributed by atoms with Crippen LogP contribution in [0.2, 0.25) is 0 Å². The van der Waals surface area contributed by atoms with Crippen molar-refractivity contribution < 1.29 is 18.7 Å². The molecule has 2 aromatic carbocycles. The van der Waals surface area contributed by atoms with Crippen LogP contribution in [0.25, 0.3) is 0 Å². The summed E-state index contributed by atoms with van der Waals surface area (Å²) in [5.41, 5.74) is 0.599. The van der Waals surface area contributed by atoms with Crippen LogP contribution in [0.5, 0.6) is 17.4 Å². The molecule has 1 atom stereocenters. The Morgan fingerprint density at radius 1 is 1.10 bits per heavy atom. The first-order valence-corrected chi connectivity index (χ1v) is 9.99. The summed E-state index contributed by atoms with van der Waals surface area (Å²) in [4.78, 5) is 25.3. The van der Waals surface area contributed by atoms with Gasteiger partial charge in [0.1, 0.15) is 17.9 Å². The Morgan fingerprint density at radius 3 is 2.71 bits per heavy atom. The van der Waals surface area contributed by atoms with Crippen molar-refractivity contribution in [1.29, 1.82) is 0 Å². The summed E-state index contributed by atoms with van der Waals surface area (Å²) in [5.74, 6) is 1.20. The molecule has 0 bridgehead atoms. The molecule has 1 aliphatic heterocycles. The Balaban J connectivity index is 1.45. The molecule has 1 fully saturated rings. The highest BCUT2D eigenvalue weighted by Crippen LogP contribution is 2.26.